The van der Waals surface area contributed by atoms with Crippen molar-refractivity contribution in [1.82, 2.24) is 0 Å². The molecule has 78 valence electrons. The van der Waals surface area contributed by atoms with E-state index in [1.54, 1.807) is 6.07 Å². The number of hydrogen-bond acceptors (Lipinski definition) is 4. The summed E-state index contributed by atoms with van der Waals surface area (Å²) < 4.78 is 4.82. The second-order valence-corrected chi connectivity index (χ2v) is 3.14. The lowest BCUT2D eigenvalue weighted by molar-refractivity contribution is 0.0157. The molecule has 2 unspecified atom stereocenters. The largest absolute Gasteiger partial charge is 0.461 e. The Kier molecular flexibility index (Phi) is 3.85. The van der Waals surface area contributed by atoms with Gasteiger partial charge in [-0.2, -0.15) is 0 Å². The van der Waals surface area contributed by atoms with E-state index < -0.39 is 18.0 Å². The smallest absolute Gasteiger partial charge is 0.228 e. The Balaban J connectivity index is 2.61. The minimum Gasteiger partial charge on any atom is -0.461 e. The molecule has 1 heterocycles. The molecule has 1 aromatic rings. The number of hydrogen-bond donors (Lipinski definition) is 2. The van der Waals surface area contributed by atoms with E-state index in [2.05, 4.69) is 0 Å². The Bertz CT molecular complexity index is 278. The molecule has 2 N–H and O–H groups in total. The minimum absolute atomic E-state index is 0.0765. The summed E-state index contributed by atoms with van der Waals surface area (Å²) in [7, 11) is 0. The molecule has 0 aliphatic heterocycles. The van der Waals surface area contributed by atoms with Gasteiger partial charge in [-0.05, 0) is 18.6 Å². The highest BCUT2D eigenvalue weighted by Crippen LogP contribution is 2.10. The molecular weight excluding hydrogens is 184 g/mol. The fourth-order valence-electron chi connectivity index (χ4n) is 1.19. The monoisotopic (exact) mass is 198 g/mol. The maximum absolute atomic E-state index is 11.4. The van der Waals surface area contributed by atoms with Crippen LogP contribution >= 0.6 is 0 Å². The molecule has 4 heteroatoms. The topological polar surface area (TPSA) is 70.7 Å². The van der Waals surface area contributed by atoms with E-state index in [4.69, 9.17) is 4.42 Å². The second-order valence-electron chi connectivity index (χ2n) is 3.14. The lowest BCUT2D eigenvalue weighted by Gasteiger charge is -2.14. The van der Waals surface area contributed by atoms with E-state index in [0.29, 0.717) is 12.8 Å². The van der Waals surface area contributed by atoms with Crippen LogP contribution in [0.25, 0.3) is 0 Å². The number of rotatable bonds is 5. The fourth-order valence-corrected chi connectivity index (χ4v) is 1.19. The van der Waals surface area contributed by atoms with Crippen LogP contribution in [0.5, 0.6) is 0 Å². The molecule has 4 nitrogen and oxygen atoms in total. The molecule has 2 atom stereocenters. The molecule has 0 bridgehead atoms. The number of aliphatic hydroxyl groups excluding tert-OH is 2. The van der Waals surface area contributed by atoms with E-state index in [0.717, 1.165) is 0 Å². The lowest BCUT2D eigenvalue weighted by atomic mass is 10.0. The third-order valence-corrected chi connectivity index (χ3v) is 1.98. The van der Waals surface area contributed by atoms with Crippen LogP contribution in [0.3, 0.4) is 0 Å². The van der Waals surface area contributed by atoms with Gasteiger partial charge in [0.05, 0.1) is 12.4 Å². The fraction of sp³-hybridized carbons (Fsp3) is 0.500. The van der Waals surface area contributed by atoms with Gasteiger partial charge >= 0.3 is 0 Å². The van der Waals surface area contributed by atoms with Crippen LogP contribution in [0.2, 0.25) is 0 Å². The highest BCUT2D eigenvalue weighted by Gasteiger charge is 2.26. The molecule has 0 saturated heterocycles. The number of ketones is 1. The van der Waals surface area contributed by atoms with Crippen molar-refractivity contribution in [2.75, 3.05) is 0 Å². The first kappa shape index (κ1) is 10.9. The van der Waals surface area contributed by atoms with Crippen LogP contribution in [0.4, 0.5) is 0 Å². The Morgan fingerprint density at radius 1 is 1.57 bits per heavy atom. The number of aliphatic hydroxyl groups is 2. The first-order valence-corrected chi connectivity index (χ1v) is 4.60. The number of Topliss-reactive ketones (excluding diaryl/α,β-unsaturated/α-hetero) is 1. The maximum atomic E-state index is 11.4. The Morgan fingerprint density at radius 2 is 2.29 bits per heavy atom. The predicted octanol–water partition coefficient (Wildman–Crippen LogP) is 0.984. The molecule has 0 aliphatic carbocycles. The summed E-state index contributed by atoms with van der Waals surface area (Å²) in [4.78, 5) is 11.4. The standard InChI is InChI=1S/C10H14O4/c1-2-4-7(11)9(12)10(13)8-5-3-6-14-8/h3,5-7,9,11-12H,2,4H2,1H3. The average Bonchev–Trinajstić information content (AvgIpc) is 2.68. The van der Waals surface area contributed by atoms with Gasteiger partial charge in [-0.1, -0.05) is 13.3 Å². The molecule has 0 aliphatic rings. The first-order valence-electron chi connectivity index (χ1n) is 4.60. The summed E-state index contributed by atoms with van der Waals surface area (Å²) >= 11 is 0. The summed E-state index contributed by atoms with van der Waals surface area (Å²) in [6.07, 6.45) is 0.0578. The first-order chi connectivity index (χ1) is 6.66. The van der Waals surface area contributed by atoms with E-state index in [9.17, 15) is 15.0 Å². The normalized spacial score (nSPS) is 15.1. The van der Waals surface area contributed by atoms with Gasteiger partial charge in [0.2, 0.25) is 5.78 Å². The van der Waals surface area contributed by atoms with Gasteiger partial charge in [0.1, 0.15) is 6.10 Å². The SMILES string of the molecule is CCCC(O)C(O)C(=O)c1ccco1. The summed E-state index contributed by atoms with van der Waals surface area (Å²) in [5.74, 6) is -0.497. The molecule has 0 amide bonds. The third kappa shape index (κ3) is 2.43. The molecule has 0 radical (unpaired) electrons. The highest BCUT2D eigenvalue weighted by atomic mass is 16.4. The summed E-state index contributed by atoms with van der Waals surface area (Å²) in [5.41, 5.74) is 0. The van der Waals surface area contributed by atoms with Crippen LogP contribution in [-0.4, -0.2) is 28.2 Å². The van der Waals surface area contributed by atoms with Crippen molar-refractivity contribution in [3.05, 3.63) is 24.2 Å². The van der Waals surface area contributed by atoms with Crippen LogP contribution in [0.15, 0.2) is 22.8 Å². The molecule has 0 aromatic carbocycles. The molecule has 14 heavy (non-hydrogen) atoms. The highest BCUT2D eigenvalue weighted by molar-refractivity contribution is 5.97. The van der Waals surface area contributed by atoms with Crippen molar-refractivity contribution in [3.63, 3.8) is 0 Å². The zero-order valence-electron chi connectivity index (χ0n) is 8.01. The van der Waals surface area contributed by atoms with Crippen molar-refractivity contribution in [3.8, 4) is 0 Å². The van der Waals surface area contributed by atoms with Crippen LogP contribution in [-0.2, 0) is 0 Å². The van der Waals surface area contributed by atoms with Crippen molar-refractivity contribution < 1.29 is 19.4 Å². The molecule has 0 spiro atoms. The molecule has 1 rings (SSSR count). The minimum atomic E-state index is -1.39. The van der Waals surface area contributed by atoms with Gasteiger partial charge in [0, 0.05) is 0 Å². The molecular formula is C10H14O4. The van der Waals surface area contributed by atoms with Gasteiger partial charge in [-0.3, -0.25) is 4.79 Å². The van der Waals surface area contributed by atoms with E-state index in [-0.39, 0.29) is 5.76 Å². The Hall–Kier alpha value is -1.13. The van der Waals surface area contributed by atoms with Gasteiger partial charge in [-0.25, -0.2) is 0 Å². The third-order valence-electron chi connectivity index (χ3n) is 1.98. The van der Waals surface area contributed by atoms with Gasteiger partial charge < -0.3 is 14.6 Å². The van der Waals surface area contributed by atoms with Crippen LogP contribution in [0.1, 0.15) is 30.3 Å². The number of carbonyl (C=O) groups excluding carboxylic acids is 1. The van der Waals surface area contributed by atoms with Crippen molar-refractivity contribution >= 4 is 5.78 Å². The number of carbonyl (C=O) groups is 1. The van der Waals surface area contributed by atoms with E-state index in [1.165, 1.54) is 12.3 Å². The number of furan rings is 1. The van der Waals surface area contributed by atoms with Crippen molar-refractivity contribution in [1.29, 1.82) is 0 Å². The summed E-state index contributed by atoms with van der Waals surface area (Å²) in [6.45, 7) is 1.87. The lowest BCUT2D eigenvalue weighted by Crippen LogP contribution is -2.33. The zero-order chi connectivity index (χ0) is 10.6. The molecule has 1 aromatic heterocycles. The second kappa shape index (κ2) is 4.93. The van der Waals surface area contributed by atoms with Crippen molar-refractivity contribution in [2.45, 2.75) is 32.0 Å². The van der Waals surface area contributed by atoms with Gasteiger partial charge in [0.25, 0.3) is 0 Å². The Morgan fingerprint density at radius 3 is 2.79 bits per heavy atom. The van der Waals surface area contributed by atoms with E-state index >= 15 is 0 Å². The van der Waals surface area contributed by atoms with Crippen molar-refractivity contribution in [2.24, 2.45) is 0 Å². The van der Waals surface area contributed by atoms with Crippen LogP contribution < -0.4 is 0 Å². The maximum Gasteiger partial charge on any atom is 0.228 e. The zero-order valence-corrected chi connectivity index (χ0v) is 8.01. The summed E-state index contributed by atoms with van der Waals surface area (Å²) in [5, 5.41) is 18.8. The van der Waals surface area contributed by atoms with Gasteiger partial charge in [-0.15, -0.1) is 0 Å². The van der Waals surface area contributed by atoms with E-state index in [1.807, 2.05) is 6.92 Å². The summed E-state index contributed by atoms with van der Waals surface area (Å²) in [6, 6.07) is 3.02. The molecule has 0 saturated carbocycles. The quantitative estimate of drug-likeness (QED) is 0.692. The average molecular weight is 198 g/mol. The van der Waals surface area contributed by atoms with Crippen LogP contribution in [0, 0.1) is 0 Å². The van der Waals surface area contributed by atoms with Gasteiger partial charge in [0.15, 0.2) is 5.76 Å². The predicted molar refractivity (Wildman–Crippen MR) is 50.0 cm³/mol. The Labute approximate surface area is 82.2 Å². The molecule has 0 fully saturated rings.